The van der Waals surface area contributed by atoms with Crippen molar-refractivity contribution >= 4 is 29.6 Å². The van der Waals surface area contributed by atoms with Crippen molar-refractivity contribution in [3.8, 4) is 0 Å². The summed E-state index contributed by atoms with van der Waals surface area (Å²) in [7, 11) is 1.28. The van der Waals surface area contributed by atoms with Crippen molar-refractivity contribution in [1.29, 1.82) is 0 Å². The SMILES string of the molecule is COC(=O)CC(NC(=O)/C=C/c1cccc(F)c1)c1ccccc1Cl. The fraction of sp³-hybridized carbons (Fsp3) is 0.158. The molecule has 130 valence electrons. The van der Waals surface area contributed by atoms with Crippen molar-refractivity contribution in [2.45, 2.75) is 12.5 Å². The van der Waals surface area contributed by atoms with Gasteiger partial charge in [-0.15, -0.1) is 0 Å². The maximum absolute atomic E-state index is 13.1. The van der Waals surface area contributed by atoms with Crippen LogP contribution in [0.1, 0.15) is 23.6 Å². The Bertz CT molecular complexity index is 792. The van der Waals surface area contributed by atoms with E-state index in [0.717, 1.165) is 0 Å². The average Bonchev–Trinajstić information content (AvgIpc) is 2.60. The van der Waals surface area contributed by atoms with Gasteiger partial charge in [-0.2, -0.15) is 0 Å². The van der Waals surface area contributed by atoms with Crippen LogP contribution >= 0.6 is 11.6 Å². The van der Waals surface area contributed by atoms with E-state index in [-0.39, 0.29) is 12.2 Å². The summed E-state index contributed by atoms with van der Waals surface area (Å²) in [4.78, 5) is 23.8. The average molecular weight is 362 g/mol. The molecule has 6 heteroatoms. The molecular formula is C19H17ClFNO3. The highest BCUT2D eigenvalue weighted by Crippen LogP contribution is 2.25. The minimum Gasteiger partial charge on any atom is -0.469 e. The van der Waals surface area contributed by atoms with E-state index in [1.54, 1.807) is 36.4 Å². The van der Waals surface area contributed by atoms with Crippen LogP contribution in [0.3, 0.4) is 0 Å². The highest BCUT2D eigenvalue weighted by atomic mass is 35.5. The van der Waals surface area contributed by atoms with E-state index >= 15 is 0 Å². The summed E-state index contributed by atoms with van der Waals surface area (Å²) in [6, 6.07) is 12.1. The van der Waals surface area contributed by atoms with Crippen molar-refractivity contribution in [2.75, 3.05) is 7.11 Å². The zero-order valence-electron chi connectivity index (χ0n) is 13.5. The summed E-state index contributed by atoms with van der Waals surface area (Å²) in [5.41, 5.74) is 1.17. The van der Waals surface area contributed by atoms with Crippen LogP contribution in [0.2, 0.25) is 5.02 Å². The molecule has 0 aliphatic heterocycles. The number of ether oxygens (including phenoxy) is 1. The van der Waals surface area contributed by atoms with Crippen LogP contribution in [0.15, 0.2) is 54.6 Å². The van der Waals surface area contributed by atoms with Crippen molar-refractivity contribution in [3.63, 3.8) is 0 Å². The summed E-state index contributed by atoms with van der Waals surface area (Å²) in [5.74, 6) is -1.29. The Hall–Kier alpha value is -2.66. The van der Waals surface area contributed by atoms with E-state index in [2.05, 4.69) is 10.1 Å². The van der Waals surface area contributed by atoms with E-state index in [4.69, 9.17) is 11.6 Å². The Morgan fingerprint density at radius 2 is 2.00 bits per heavy atom. The zero-order chi connectivity index (χ0) is 18.2. The molecule has 0 saturated carbocycles. The van der Waals surface area contributed by atoms with E-state index in [1.807, 2.05) is 0 Å². The van der Waals surface area contributed by atoms with Gasteiger partial charge >= 0.3 is 5.97 Å². The van der Waals surface area contributed by atoms with Crippen LogP contribution in [-0.2, 0) is 14.3 Å². The second-order valence-corrected chi connectivity index (χ2v) is 5.66. The monoisotopic (exact) mass is 361 g/mol. The van der Waals surface area contributed by atoms with Crippen LogP contribution < -0.4 is 5.32 Å². The summed E-state index contributed by atoms with van der Waals surface area (Å²) >= 11 is 6.16. The van der Waals surface area contributed by atoms with Crippen LogP contribution in [0.25, 0.3) is 6.08 Å². The number of hydrogen-bond acceptors (Lipinski definition) is 3. The van der Waals surface area contributed by atoms with Gasteiger partial charge in [0.2, 0.25) is 5.91 Å². The van der Waals surface area contributed by atoms with Gasteiger partial charge < -0.3 is 10.1 Å². The number of halogens is 2. The highest BCUT2D eigenvalue weighted by molar-refractivity contribution is 6.31. The first-order valence-corrected chi connectivity index (χ1v) is 7.93. The molecule has 2 aromatic carbocycles. The van der Waals surface area contributed by atoms with Crippen molar-refractivity contribution in [1.82, 2.24) is 5.32 Å². The molecular weight excluding hydrogens is 345 g/mol. The Kier molecular flexibility index (Phi) is 6.71. The Morgan fingerprint density at radius 1 is 1.24 bits per heavy atom. The molecule has 0 bridgehead atoms. The summed E-state index contributed by atoms with van der Waals surface area (Å²) < 4.78 is 17.8. The summed E-state index contributed by atoms with van der Waals surface area (Å²) in [6.07, 6.45) is 2.70. The number of carbonyl (C=O) groups excluding carboxylic acids is 2. The lowest BCUT2D eigenvalue weighted by Gasteiger charge is -2.18. The largest absolute Gasteiger partial charge is 0.469 e. The minimum absolute atomic E-state index is 0.0558. The Labute approximate surface area is 150 Å². The second-order valence-electron chi connectivity index (χ2n) is 5.25. The molecule has 0 aliphatic carbocycles. The van der Waals surface area contributed by atoms with Crippen LogP contribution in [-0.4, -0.2) is 19.0 Å². The molecule has 0 spiro atoms. The molecule has 1 N–H and O–H groups in total. The molecule has 2 rings (SSSR count). The third-order valence-corrected chi connectivity index (χ3v) is 3.82. The van der Waals surface area contributed by atoms with Crippen molar-refractivity contribution in [2.24, 2.45) is 0 Å². The number of nitrogens with one attached hydrogen (secondary N) is 1. The predicted molar refractivity (Wildman–Crippen MR) is 94.4 cm³/mol. The number of benzene rings is 2. The molecule has 2 aromatic rings. The second kappa shape index (κ2) is 8.99. The lowest BCUT2D eigenvalue weighted by Crippen LogP contribution is -2.29. The summed E-state index contributed by atoms with van der Waals surface area (Å²) in [6.45, 7) is 0. The molecule has 1 unspecified atom stereocenters. The molecule has 0 fully saturated rings. The third-order valence-electron chi connectivity index (χ3n) is 3.47. The topological polar surface area (TPSA) is 55.4 Å². The van der Waals surface area contributed by atoms with E-state index < -0.39 is 17.9 Å². The fourth-order valence-corrected chi connectivity index (χ4v) is 2.52. The zero-order valence-corrected chi connectivity index (χ0v) is 14.3. The summed E-state index contributed by atoms with van der Waals surface area (Å²) in [5, 5.41) is 3.16. The van der Waals surface area contributed by atoms with Crippen LogP contribution in [0.4, 0.5) is 4.39 Å². The van der Waals surface area contributed by atoms with E-state index in [0.29, 0.717) is 16.1 Å². The minimum atomic E-state index is -0.634. The van der Waals surface area contributed by atoms with Gasteiger partial charge in [0.15, 0.2) is 0 Å². The van der Waals surface area contributed by atoms with Crippen molar-refractivity contribution < 1.29 is 18.7 Å². The van der Waals surface area contributed by atoms with Crippen molar-refractivity contribution in [3.05, 3.63) is 76.6 Å². The lowest BCUT2D eigenvalue weighted by atomic mass is 10.0. The van der Waals surface area contributed by atoms with Gasteiger partial charge in [0, 0.05) is 11.1 Å². The maximum atomic E-state index is 13.1. The van der Waals surface area contributed by atoms with Gasteiger partial charge in [-0.25, -0.2) is 4.39 Å². The third kappa shape index (κ3) is 5.72. The molecule has 0 heterocycles. The lowest BCUT2D eigenvalue weighted by molar-refractivity contribution is -0.141. The van der Waals surface area contributed by atoms with Gasteiger partial charge in [0.1, 0.15) is 5.82 Å². The molecule has 0 radical (unpaired) electrons. The van der Waals surface area contributed by atoms with Crippen LogP contribution in [0.5, 0.6) is 0 Å². The Balaban J connectivity index is 2.14. The molecule has 25 heavy (non-hydrogen) atoms. The Morgan fingerprint density at radius 3 is 2.68 bits per heavy atom. The fourth-order valence-electron chi connectivity index (χ4n) is 2.25. The number of amides is 1. The smallest absolute Gasteiger partial charge is 0.307 e. The maximum Gasteiger partial charge on any atom is 0.307 e. The first-order chi connectivity index (χ1) is 12.0. The quantitative estimate of drug-likeness (QED) is 0.627. The van der Waals surface area contributed by atoms with Gasteiger partial charge in [-0.1, -0.05) is 41.9 Å². The number of hydrogen-bond donors (Lipinski definition) is 1. The van der Waals surface area contributed by atoms with Crippen LogP contribution in [0, 0.1) is 5.82 Å². The van der Waals surface area contributed by atoms with Gasteiger partial charge in [0.25, 0.3) is 0 Å². The van der Waals surface area contributed by atoms with E-state index in [9.17, 15) is 14.0 Å². The standard InChI is InChI=1S/C19H17ClFNO3/c1-25-19(24)12-17(15-7-2-3-8-16(15)20)22-18(23)10-9-13-5-4-6-14(21)11-13/h2-11,17H,12H2,1H3,(H,22,23)/b10-9+. The van der Waals surface area contributed by atoms with Gasteiger partial charge in [0.05, 0.1) is 19.6 Å². The molecule has 0 aromatic heterocycles. The number of methoxy groups -OCH3 is 1. The normalized spacial score (nSPS) is 12.0. The van der Waals surface area contributed by atoms with Gasteiger partial charge in [-0.05, 0) is 35.4 Å². The van der Waals surface area contributed by atoms with E-state index in [1.165, 1.54) is 31.4 Å². The number of esters is 1. The molecule has 1 amide bonds. The van der Waals surface area contributed by atoms with Gasteiger partial charge in [-0.3, -0.25) is 9.59 Å². The molecule has 1 atom stereocenters. The number of carbonyl (C=O) groups is 2. The highest BCUT2D eigenvalue weighted by Gasteiger charge is 2.20. The molecule has 0 aliphatic rings. The predicted octanol–water partition coefficient (Wildman–Crippen LogP) is 3.91. The first kappa shape index (κ1) is 18.7. The molecule has 0 saturated heterocycles. The number of rotatable bonds is 6. The first-order valence-electron chi connectivity index (χ1n) is 7.55. The molecule has 4 nitrogen and oxygen atoms in total.